The quantitative estimate of drug-likeness (QED) is 0.427. The van der Waals surface area contributed by atoms with Gasteiger partial charge >= 0.3 is 5.97 Å². The summed E-state index contributed by atoms with van der Waals surface area (Å²) in [4.78, 5) is 31.2. The van der Waals surface area contributed by atoms with E-state index in [2.05, 4.69) is 18.7 Å². The molecular formula is C28H52N2O7. The Kier molecular flexibility index (Phi) is 11.1. The Morgan fingerprint density at radius 3 is 2.32 bits per heavy atom. The van der Waals surface area contributed by atoms with Crippen molar-refractivity contribution in [2.45, 2.75) is 110 Å². The molecule has 0 radical (unpaired) electrons. The second-order valence-corrected chi connectivity index (χ2v) is 12.3. The number of rotatable bonds is 5. The number of carbonyl (C=O) groups is 2. The lowest BCUT2D eigenvalue weighted by molar-refractivity contribution is -0.295. The highest BCUT2D eigenvalue weighted by atomic mass is 16.7. The van der Waals surface area contributed by atoms with Crippen LogP contribution in [0.2, 0.25) is 0 Å². The molecule has 9 atom stereocenters. The average molecular weight is 529 g/mol. The van der Waals surface area contributed by atoms with Crippen molar-refractivity contribution in [2.24, 2.45) is 17.3 Å². The molecule has 0 saturated carbocycles. The smallest absolute Gasteiger partial charge is 0.319 e. The molecule has 0 aliphatic carbocycles. The van der Waals surface area contributed by atoms with E-state index in [1.807, 2.05) is 39.9 Å². The van der Waals surface area contributed by atoms with Crippen LogP contribution in [0, 0.1) is 17.3 Å². The predicted octanol–water partition coefficient (Wildman–Crippen LogP) is 2.73. The van der Waals surface area contributed by atoms with Crippen LogP contribution in [0.15, 0.2) is 0 Å². The lowest BCUT2D eigenvalue weighted by Crippen LogP contribution is -2.59. The first-order chi connectivity index (χ1) is 17.1. The van der Waals surface area contributed by atoms with Gasteiger partial charge in [0, 0.05) is 31.7 Å². The van der Waals surface area contributed by atoms with Gasteiger partial charge in [-0.3, -0.25) is 14.5 Å². The maximum Gasteiger partial charge on any atom is 0.319 e. The number of likely N-dealkylation sites (N-methyl/N-ethyl adjacent to an activating group) is 2. The molecule has 216 valence electrons. The molecule has 1 N–H and O–H groups in total. The van der Waals surface area contributed by atoms with Crippen LogP contribution in [-0.4, -0.2) is 110 Å². The molecule has 2 fully saturated rings. The number of carbonyl (C=O) groups excluding carboxylic acids is 2. The van der Waals surface area contributed by atoms with E-state index >= 15 is 0 Å². The molecule has 2 rings (SSSR count). The largest absolute Gasteiger partial charge is 0.463 e. The number of aliphatic hydroxyl groups is 1. The zero-order valence-corrected chi connectivity index (χ0v) is 24.9. The van der Waals surface area contributed by atoms with Crippen LogP contribution in [0.1, 0.15) is 67.7 Å². The maximum atomic E-state index is 13.9. The monoisotopic (exact) mass is 528 g/mol. The van der Waals surface area contributed by atoms with Crippen LogP contribution in [0.4, 0.5) is 0 Å². The predicted molar refractivity (Wildman–Crippen MR) is 142 cm³/mol. The Hall–Kier alpha value is -1.10. The number of esters is 1. The van der Waals surface area contributed by atoms with E-state index < -0.39 is 41.4 Å². The first-order valence-electron chi connectivity index (χ1n) is 13.7. The Morgan fingerprint density at radius 2 is 1.78 bits per heavy atom. The number of hydrogen-bond acceptors (Lipinski definition) is 9. The molecule has 9 nitrogen and oxygen atoms in total. The third kappa shape index (κ3) is 7.31. The number of aliphatic hydroxyl groups excluding tert-OH is 1. The number of hydrogen-bond donors (Lipinski definition) is 1. The van der Waals surface area contributed by atoms with Gasteiger partial charge in [0.15, 0.2) is 12.1 Å². The molecule has 0 unspecified atom stereocenters. The molecule has 0 aromatic heterocycles. The molecule has 0 spiro atoms. The Morgan fingerprint density at radius 1 is 1.16 bits per heavy atom. The Balaban J connectivity index is 2.53. The maximum absolute atomic E-state index is 13.9. The Labute approximate surface area is 224 Å². The lowest BCUT2D eigenvalue weighted by Gasteiger charge is -2.47. The van der Waals surface area contributed by atoms with Gasteiger partial charge in [-0.25, -0.2) is 0 Å². The topological polar surface area (TPSA) is 97.8 Å². The van der Waals surface area contributed by atoms with E-state index in [4.69, 9.17) is 18.9 Å². The van der Waals surface area contributed by atoms with Crippen molar-refractivity contribution in [1.82, 2.24) is 9.80 Å². The van der Waals surface area contributed by atoms with E-state index in [1.165, 1.54) is 0 Å². The first kappa shape index (κ1) is 32.1. The highest BCUT2D eigenvalue weighted by molar-refractivity contribution is 6.04. The molecule has 2 saturated heterocycles. The molecule has 0 bridgehead atoms. The van der Waals surface area contributed by atoms with Gasteiger partial charge in [0.05, 0.1) is 17.8 Å². The summed E-state index contributed by atoms with van der Waals surface area (Å²) in [5.41, 5.74) is -2.26. The fourth-order valence-electron chi connectivity index (χ4n) is 6.02. The summed E-state index contributed by atoms with van der Waals surface area (Å²) in [6, 6.07) is -0.111. The van der Waals surface area contributed by atoms with Crippen molar-refractivity contribution in [1.29, 1.82) is 0 Å². The van der Waals surface area contributed by atoms with Crippen molar-refractivity contribution < 1.29 is 33.6 Å². The van der Waals surface area contributed by atoms with Crippen LogP contribution in [0.3, 0.4) is 0 Å². The van der Waals surface area contributed by atoms with Crippen LogP contribution in [0.25, 0.3) is 0 Å². The first-order valence-corrected chi connectivity index (χ1v) is 13.7. The van der Waals surface area contributed by atoms with Crippen LogP contribution in [-0.2, 0) is 28.5 Å². The van der Waals surface area contributed by atoms with Gasteiger partial charge in [-0.05, 0) is 74.0 Å². The molecule has 0 aromatic carbocycles. The molecule has 2 aliphatic rings. The molecule has 0 amide bonds. The molecular weight excluding hydrogens is 476 g/mol. The number of cyclic esters (lactones) is 1. The van der Waals surface area contributed by atoms with Crippen LogP contribution in [0.5, 0.6) is 0 Å². The molecule has 9 heteroatoms. The Bertz CT molecular complexity index is 776. The fourth-order valence-corrected chi connectivity index (χ4v) is 6.02. The van der Waals surface area contributed by atoms with Gasteiger partial charge in [-0.2, -0.15) is 0 Å². The van der Waals surface area contributed by atoms with E-state index in [9.17, 15) is 14.7 Å². The molecule has 37 heavy (non-hydrogen) atoms. The highest BCUT2D eigenvalue weighted by Crippen LogP contribution is 2.38. The standard InChI is InChI=1S/C28H52N2O7/c1-12-20-16-35-26(33)27(5,6)23(32)19(4)24(28(7,34-11)14-17(2)15-30(20)10)37-25-22(31)21(29(8)9)13-18(3)36-25/h17-22,24-25,31H,12-16H2,1-11H3/t17-,18-,19+,20+,21+,22-,24-,25+,28-/m1/s1. The number of methoxy groups -OCH3 is 1. The second kappa shape index (κ2) is 12.8. The van der Waals surface area contributed by atoms with Crippen LogP contribution >= 0.6 is 0 Å². The second-order valence-electron chi connectivity index (χ2n) is 12.3. The van der Waals surface area contributed by atoms with Crippen molar-refractivity contribution in [3.05, 3.63) is 0 Å². The molecule has 0 aromatic rings. The van der Waals surface area contributed by atoms with Crippen molar-refractivity contribution in [3.8, 4) is 0 Å². The molecule has 2 heterocycles. The number of nitrogens with zero attached hydrogens (tertiary/aromatic N) is 2. The van der Waals surface area contributed by atoms with Gasteiger partial charge in [0.1, 0.15) is 18.1 Å². The summed E-state index contributed by atoms with van der Waals surface area (Å²) < 4.78 is 24.4. The lowest BCUT2D eigenvalue weighted by atomic mass is 9.74. The van der Waals surface area contributed by atoms with Gasteiger partial charge in [-0.15, -0.1) is 0 Å². The van der Waals surface area contributed by atoms with Gasteiger partial charge < -0.3 is 29.0 Å². The fraction of sp³-hybridized carbons (Fsp3) is 0.929. The zero-order valence-electron chi connectivity index (χ0n) is 24.9. The number of ether oxygens (including phenoxy) is 4. The van der Waals surface area contributed by atoms with Gasteiger partial charge in [0.25, 0.3) is 0 Å². The number of Topliss-reactive ketones (excluding diaryl/α,β-unsaturated/α-hetero) is 1. The average Bonchev–Trinajstić information content (AvgIpc) is 2.82. The van der Waals surface area contributed by atoms with Crippen molar-refractivity contribution in [2.75, 3.05) is 41.4 Å². The van der Waals surface area contributed by atoms with E-state index in [1.54, 1.807) is 27.9 Å². The third-order valence-electron chi connectivity index (χ3n) is 8.47. The summed E-state index contributed by atoms with van der Waals surface area (Å²) in [6.07, 6.45) is -0.686. The summed E-state index contributed by atoms with van der Waals surface area (Å²) in [5.74, 6) is -1.38. The van der Waals surface area contributed by atoms with Crippen molar-refractivity contribution >= 4 is 11.8 Å². The van der Waals surface area contributed by atoms with E-state index in [0.29, 0.717) is 12.8 Å². The summed E-state index contributed by atoms with van der Waals surface area (Å²) in [5, 5.41) is 11.2. The van der Waals surface area contributed by atoms with Crippen LogP contribution < -0.4 is 0 Å². The van der Waals surface area contributed by atoms with E-state index in [-0.39, 0.29) is 36.5 Å². The van der Waals surface area contributed by atoms with Crippen molar-refractivity contribution in [3.63, 3.8) is 0 Å². The molecule has 2 aliphatic heterocycles. The van der Waals surface area contributed by atoms with Gasteiger partial charge in [0.2, 0.25) is 0 Å². The zero-order chi connectivity index (χ0) is 28.3. The van der Waals surface area contributed by atoms with Gasteiger partial charge in [-0.1, -0.05) is 20.8 Å². The van der Waals surface area contributed by atoms with E-state index in [0.717, 1.165) is 13.0 Å². The normalized spacial score (nSPS) is 41.0. The third-order valence-corrected chi connectivity index (χ3v) is 8.47. The minimum Gasteiger partial charge on any atom is -0.463 e. The minimum absolute atomic E-state index is 0.0477. The highest BCUT2D eigenvalue weighted by Gasteiger charge is 2.51. The SMILES string of the molecule is CC[C@H]1COC(=O)C(C)(C)C(=O)[C@H](C)[C@@H](O[C@@H]2O[C@H](C)C[C@H](N(C)C)[C@H]2O)[C@](C)(OC)C[C@@H](C)CN1C. The summed E-state index contributed by atoms with van der Waals surface area (Å²) >= 11 is 0. The summed E-state index contributed by atoms with van der Waals surface area (Å²) in [6.45, 7) is 14.1. The summed E-state index contributed by atoms with van der Waals surface area (Å²) in [7, 11) is 7.50. The minimum atomic E-state index is -1.38. The number of ketones is 1.